The highest BCUT2D eigenvalue weighted by Gasteiger charge is 2.43. The van der Waals surface area contributed by atoms with Crippen molar-refractivity contribution in [3.05, 3.63) is 28.8 Å². The van der Waals surface area contributed by atoms with Crippen LogP contribution in [-0.4, -0.2) is 42.9 Å². The van der Waals surface area contributed by atoms with Crippen molar-refractivity contribution in [2.24, 2.45) is 5.11 Å². The van der Waals surface area contributed by atoms with Gasteiger partial charge in [-0.15, -0.1) is 0 Å². The van der Waals surface area contributed by atoms with Crippen molar-refractivity contribution in [3.8, 4) is 0 Å². The van der Waals surface area contributed by atoms with Crippen LogP contribution in [0.15, 0.2) is 17.8 Å². The number of aryl methyl sites for hydroxylation is 1. The summed E-state index contributed by atoms with van der Waals surface area (Å²) in [6, 6.07) is -0.620. The second-order valence-electron chi connectivity index (χ2n) is 4.94. The van der Waals surface area contributed by atoms with Gasteiger partial charge in [-0.1, -0.05) is 12.0 Å². The van der Waals surface area contributed by atoms with Crippen LogP contribution in [0.2, 0.25) is 0 Å². The molecule has 1 fully saturated rings. The third-order valence-corrected chi connectivity index (χ3v) is 3.74. The molecule has 0 amide bonds. The van der Waals surface area contributed by atoms with Gasteiger partial charge in [0.2, 0.25) is 0 Å². The second-order valence-corrected chi connectivity index (χ2v) is 4.94. The maximum atomic E-state index is 10.4. The third-order valence-electron chi connectivity index (χ3n) is 3.74. The average Bonchev–Trinajstić information content (AvgIpc) is 3.03. The highest BCUT2D eigenvalue weighted by molar-refractivity contribution is 5.72. The first-order valence-electron chi connectivity index (χ1n) is 6.69. The number of aromatic nitrogens is 4. The van der Waals surface area contributed by atoms with E-state index in [9.17, 15) is 5.11 Å². The Morgan fingerprint density at radius 3 is 3.00 bits per heavy atom. The fraction of sp³-hybridized carbons (Fsp3) is 0.583. The summed E-state index contributed by atoms with van der Waals surface area (Å²) in [4.78, 5) is 15.3. The van der Waals surface area contributed by atoms with Gasteiger partial charge in [0.25, 0.3) is 0 Å². The van der Waals surface area contributed by atoms with Crippen LogP contribution >= 0.6 is 0 Å². The lowest BCUT2D eigenvalue weighted by atomic mass is 10.1. The van der Waals surface area contributed by atoms with Crippen LogP contribution in [0.5, 0.6) is 0 Å². The Morgan fingerprint density at radius 2 is 2.29 bits per heavy atom. The molecule has 1 N–H and O–H groups in total. The van der Waals surface area contributed by atoms with Crippen LogP contribution in [0.25, 0.3) is 21.6 Å². The Morgan fingerprint density at radius 1 is 1.48 bits per heavy atom. The Labute approximate surface area is 120 Å². The minimum absolute atomic E-state index is 0.332. The van der Waals surface area contributed by atoms with Crippen LogP contribution in [0.4, 0.5) is 0 Å². The predicted molar refractivity (Wildman–Crippen MR) is 73.2 cm³/mol. The summed E-state index contributed by atoms with van der Waals surface area (Å²) >= 11 is 0. The van der Waals surface area contributed by atoms with Crippen molar-refractivity contribution in [3.63, 3.8) is 0 Å². The standard InChI is InChI=1S/C12H15N7O2/c1-3-7-9(17-18-13)10(20)12(21-7)19-5-16-8-6(2)14-4-15-11(8)19/h4-5,7,9-10,12,20H,3H2,1-2H3/t7-,9+,10?,12-/m1/s1. The molecule has 0 saturated carbocycles. The summed E-state index contributed by atoms with van der Waals surface area (Å²) < 4.78 is 7.49. The van der Waals surface area contributed by atoms with E-state index in [0.29, 0.717) is 17.6 Å². The molecule has 1 unspecified atom stereocenters. The maximum Gasteiger partial charge on any atom is 0.165 e. The molecule has 1 aliphatic rings. The molecule has 3 rings (SSSR count). The molecule has 1 saturated heterocycles. The summed E-state index contributed by atoms with van der Waals surface area (Å²) in [5.74, 6) is 0. The van der Waals surface area contributed by atoms with Gasteiger partial charge in [-0.05, 0) is 18.9 Å². The molecule has 9 nitrogen and oxygen atoms in total. The lowest BCUT2D eigenvalue weighted by Crippen LogP contribution is -2.29. The number of aliphatic hydroxyl groups is 1. The summed E-state index contributed by atoms with van der Waals surface area (Å²) in [5, 5.41) is 14.1. The zero-order chi connectivity index (χ0) is 15.0. The van der Waals surface area contributed by atoms with E-state index < -0.39 is 18.4 Å². The van der Waals surface area contributed by atoms with Gasteiger partial charge in [0.05, 0.1) is 24.2 Å². The van der Waals surface area contributed by atoms with Gasteiger partial charge in [0.1, 0.15) is 17.9 Å². The lowest BCUT2D eigenvalue weighted by molar-refractivity contribution is -0.0355. The van der Waals surface area contributed by atoms with Crippen molar-refractivity contribution >= 4 is 11.2 Å². The van der Waals surface area contributed by atoms with E-state index in [2.05, 4.69) is 25.0 Å². The van der Waals surface area contributed by atoms with E-state index in [-0.39, 0.29) is 6.10 Å². The monoisotopic (exact) mass is 289 g/mol. The van der Waals surface area contributed by atoms with Gasteiger partial charge in [-0.3, -0.25) is 4.57 Å². The highest BCUT2D eigenvalue weighted by Crippen LogP contribution is 2.34. The average molecular weight is 289 g/mol. The molecular weight excluding hydrogens is 274 g/mol. The fourth-order valence-electron chi connectivity index (χ4n) is 2.65. The number of ether oxygens (including phenoxy) is 1. The van der Waals surface area contributed by atoms with Crippen LogP contribution < -0.4 is 0 Å². The number of fused-ring (bicyclic) bond motifs is 1. The van der Waals surface area contributed by atoms with E-state index in [1.54, 1.807) is 10.9 Å². The first-order chi connectivity index (χ1) is 10.2. The number of azide groups is 1. The van der Waals surface area contributed by atoms with Crippen LogP contribution in [-0.2, 0) is 4.74 Å². The molecule has 9 heteroatoms. The molecule has 3 heterocycles. The molecule has 2 aromatic heterocycles. The minimum atomic E-state index is -0.946. The Balaban J connectivity index is 2.03. The fourth-order valence-corrected chi connectivity index (χ4v) is 2.65. The number of hydrogen-bond acceptors (Lipinski definition) is 6. The molecule has 0 aliphatic carbocycles. The zero-order valence-corrected chi connectivity index (χ0v) is 11.7. The first kappa shape index (κ1) is 13.7. The SMILES string of the molecule is CC[C@H]1O[C@@H](n2cnc3c(C)ncnc32)C(O)[C@H]1N=[N+]=[N-]. The van der Waals surface area contributed by atoms with E-state index in [0.717, 1.165) is 5.69 Å². The van der Waals surface area contributed by atoms with Crippen molar-refractivity contribution in [1.82, 2.24) is 19.5 Å². The predicted octanol–water partition coefficient (Wildman–Crippen LogP) is 1.48. The molecular formula is C12H15N7O2. The number of nitrogens with zero attached hydrogens (tertiary/aromatic N) is 7. The van der Waals surface area contributed by atoms with Crippen LogP contribution in [0, 0.1) is 6.92 Å². The smallest absolute Gasteiger partial charge is 0.165 e. The maximum absolute atomic E-state index is 10.4. The van der Waals surface area contributed by atoms with Gasteiger partial charge < -0.3 is 9.84 Å². The number of hydrogen-bond donors (Lipinski definition) is 1. The minimum Gasteiger partial charge on any atom is -0.388 e. The molecule has 0 spiro atoms. The Kier molecular flexibility index (Phi) is 3.46. The topological polar surface area (TPSA) is 122 Å². The number of aliphatic hydroxyl groups excluding tert-OH is 1. The Bertz CT molecular complexity index is 709. The van der Waals surface area contributed by atoms with E-state index >= 15 is 0 Å². The molecule has 4 atom stereocenters. The highest BCUT2D eigenvalue weighted by atomic mass is 16.5. The molecule has 0 aromatic carbocycles. The summed E-state index contributed by atoms with van der Waals surface area (Å²) in [6.07, 6.45) is 1.69. The van der Waals surface area contributed by atoms with E-state index in [1.807, 2.05) is 13.8 Å². The first-order valence-corrected chi connectivity index (χ1v) is 6.69. The molecule has 21 heavy (non-hydrogen) atoms. The van der Waals surface area contributed by atoms with Gasteiger partial charge in [0.15, 0.2) is 11.9 Å². The molecule has 2 aromatic rings. The summed E-state index contributed by atoms with van der Waals surface area (Å²) in [5.41, 5.74) is 10.6. The molecule has 0 radical (unpaired) electrons. The van der Waals surface area contributed by atoms with Crippen LogP contribution in [0.3, 0.4) is 0 Å². The summed E-state index contributed by atoms with van der Waals surface area (Å²) in [7, 11) is 0. The Hall–Kier alpha value is -2.22. The second kappa shape index (κ2) is 5.28. The van der Waals surface area contributed by atoms with E-state index in [4.69, 9.17) is 10.3 Å². The molecule has 0 bridgehead atoms. The molecule has 1 aliphatic heterocycles. The number of rotatable bonds is 3. The van der Waals surface area contributed by atoms with Gasteiger partial charge >= 0.3 is 0 Å². The zero-order valence-electron chi connectivity index (χ0n) is 11.7. The van der Waals surface area contributed by atoms with Crippen molar-refractivity contribution in [2.45, 2.75) is 44.7 Å². The van der Waals surface area contributed by atoms with Gasteiger partial charge in [-0.25, -0.2) is 15.0 Å². The normalized spacial score (nSPS) is 28.7. The quantitative estimate of drug-likeness (QED) is 0.521. The van der Waals surface area contributed by atoms with E-state index in [1.165, 1.54) is 6.33 Å². The summed E-state index contributed by atoms with van der Waals surface area (Å²) in [6.45, 7) is 3.75. The molecule has 110 valence electrons. The van der Waals surface area contributed by atoms with Crippen molar-refractivity contribution in [2.75, 3.05) is 0 Å². The lowest BCUT2D eigenvalue weighted by Gasteiger charge is -2.16. The van der Waals surface area contributed by atoms with Crippen molar-refractivity contribution < 1.29 is 9.84 Å². The van der Waals surface area contributed by atoms with Crippen molar-refractivity contribution in [1.29, 1.82) is 0 Å². The van der Waals surface area contributed by atoms with Crippen LogP contribution in [0.1, 0.15) is 25.3 Å². The number of imidazole rings is 1. The van der Waals surface area contributed by atoms with Gasteiger partial charge in [-0.2, -0.15) is 0 Å². The largest absolute Gasteiger partial charge is 0.388 e. The van der Waals surface area contributed by atoms with Gasteiger partial charge in [0, 0.05) is 4.91 Å². The third kappa shape index (κ3) is 2.11.